The minimum atomic E-state index is -0.850. The van der Waals surface area contributed by atoms with E-state index in [-0.39, 0.29) is 5.56 Å². The second kappa shape index (κ2) is 7.40. The van der Waals surface area contributed by atoms with Gasteiger partial charge in [0.1, 0.15) is 17.3 Å². The highest BCUT2D eigenvalue weighted by atomic mass is 19.1. The number of hydrogen-bond donors (Lipinski definition) is 2. The lowest BCUT2D eigenvalue weighted by molar-refractivity contribution is 0.102. The van der Waals surface area contributed by atoms with E-state index in [1.54, 1.807) is 18.5 Å². The van der Waals surface area contributed by atoms with Crippen molar-refractivity contribution < 1.29 is 13.6 Å². The van der Waals surface area contributed by atoms with Gasteiger partial charge < -0.3 is 10.6 Å². The van der Waals surface area contributed by atoms with Gasteiger partial charge in [-0.1, -0.05) is 24.3 Å². The van der Waals surface area contributed by atoms with E-state index in [4.69, 9.17) is 0 Å². The number of carbonyl (C=O) groups excluding carboxylic acids is 1. The maximum absolute atomic E-state index is 13.8. The van der Waals surface area contributed by atoms with Crippen molar-refractivity contribution in [1.29, 1.82) is 0 Å². The first kappa shape index (κ1) is 17.5. The van der Waals surface area contributed by atoms with Crippen molar-refractivity contribution in [2.24, 2.45) is 0 Å². The van der Waals surface area contributed by atoms with Crippen LogP contribution in [-0.2, 0) is 0 Å². The van der Waals surface area contributed by atoms with Crippen LogP contribution in [0, 0.1) is 11.6 Å². The summed E-state index contributed by atoms with van der Waals surface area (Å²) in [6, 6.07) is 14.4. The van der Waals surface area contributed by atoms with E-state index in [1.165, 1.54) is 12.3 Å². The van der Waals surface area contributed by atoms with Crippen LogP contribution in [0.15, 0.2) is 73.2 Å². The largest absolute Gasteiger partial charge is 0.352 e. The Labute approximate surface area is 159 Å². The topological polar surface area (TPSA) is 66.9 Å². The molecule has 0 bridgehead atoms. The lowest BCUT2D eigenvalue weighted by atomic mass is 10.2. The van der Waals surface area contributed by atoms with Gasteiger partial charge in [0.05, 0.1) is 28.7 Å². The SMILES string of the molecule is O=C(Nc1c(F)cccc1F)c1cncc(Nc2cccc3cccnc23)c1. The number of benzene rings is 2. The van der Waals surface area contributed by atoms with Crippen LogP contribution in [0.2, 0.25) is 0 Å². The van der Waals surface area contributed by atoms with Crippen molar-refractivity contribution in [2.45, 2.75) is 0 Å². The molecule has 138 valence electrons. The van der Waals surface area contributed by atoms with Crippen molar-refractivity contribution >= 4 is 33.9 Å². The number of anilines is 3. The molecule has 2 aromatic heterocycles. The number of carbonyl (C=O) groups is 1. The van der Waals surface area contributed by atoms with Gasteiger partial charge in [0, 0.05) is 17.8 Å². The fraction of sp³-hybridized carbons (Fsp3) is 0. The van der Waals surface area contributed by atoms with E-state index in [0.717, 1.165) is 28.7 Å². The Morgan fingerprint density at radius 3 is 2.50 bits per heavy atom. The first-order valence-electron chi connectivity index (χ1n) is 8.43. The quantitative estimate of drug-likeness (QED) is 0.531. The Morgan fingerprint density at radius 1 is 0.929 bits per heavy atom. The van der Waals surface area contributed by atoms with Crippen LogP contribution in [0.4, 0.5) is 25.8 Å². The molecule has 0 radical (unpaired) electrons. The maximum atomic E-state index is 13.8. The molecule has 0 saturated heterocycles. The number of hydrogen-bond acceptors (Lipinski definition) is 4. The summed E-state index contributed by atoms with van der Waals surface area (Å²) in [5.41, 5.74) is 1.72. The van der Waals surface area contributed by atoms with Crippen LogP contribution in [0.25, 0.3) is 10.9 Å². The minimum Gasteiger partial charge on any atom is -0.352 e. The molecule has 0 saturated carbocycles. The Kier molecular flexibility index (Phi) is 4.63. The van der Waals surface area contributed by atoms with Crippen molar-refractivity contribution in [1.82, 2.24) is 9.97 Å². The Bertz CT molecular complexity index is 1150. The number of halogens is 2. The molecule has 0 atom stereocenters. The van der Waals surface area contributed by atoms with E-state index in [2.05, 4.69) is 20.6 Å². The number of nitrogens with zero attached hydrogens (tertiary/aromatic N) is 2. The molecular weight excluding hydrogens is 362 g/mol. The Morgan fingerprint density at radius 2 is 1.68 bits per heavy atom. The molecular formula is C21H14F2N4O. The third-order valence-corrected chi connectivity index (χ3v) is 4.11. The second-order valence-corrected chi connectivity index (χ2v) is 6.02. The average Bonchev–Trinajstić information content (AvgIpc) is 2.71. The molecule has 5 nitrogen and oxygen atoms in total. The van der Waals surface area contributed by atoms with E-state index in [0.29, 0.717) is 5.69 Å². The van der Waals surface area contributed by atoms with Gasteiger partial charge in [-0.15, -0.1) is 0 Å². The first-order chi connectivity index (χ1) is 13.6. The third-order valence-electron chi connectivity index (χ3n) is 4.11. The van der Waals surface area contributed by atoms with Gasteiger partial charge in [-0.25, -0.2) is 8.78 Å². The van der Waals surface area contributed by atoms with Crippen LogP contribution in [-0.4, -0.2) is 15.9 Å². The molecule has 2 aromatic carbocycles. The van der Waals surface area contributed by atoms with Gasteiger partial charge >= 0.3 is 0 Å². The first-order valence-corrected chi connectivity index (χ1v) is 8.43. The molecule has 0 fully saturated rings. The molecule has 0 aliphatic carbocycles. The molecule has 0 spiro atoms. The standard InChI is InChI=1S/C21H14F2N4O/c22-16-6-2-7-17(23)20(16)27-21(28)14-10-15(12-24-11-14)26-18-8-1-4-13-5-3-9-25-19(13)18/h1-12,26H,(H,27,28). The van der Waals surface area contributed by atoms with E-state index >= 15 is 0 Å². The fourth-order valence-electron chi connectivity index (χ4n) is 2.80. The normalized spacial score (nSPS) is 10.6. The maximum Gasteiger partial charge on any atom is 0.257 e. The van der Waals surface area contributed by atoms with Gasteiger partial charge in [-0.2, -0.15) is 0 Å². The lowest BCUT2D eigenvalue weighted by Gasteiger charge is -2.11. The zero-order chi connectivity index (χ0) is 19.5. The molecule has 0 aliphatic rings. The molecule has 4 aromatic rings. The van der Waals surface area contributed by atoms with Gasteiger partial charge in [0.2, 0.25) is 0 Å². The van der Waals surface area contributed by atoms with Gasteiger partial charge in [0.25, 0.3) is 5.91 Å². The predicted octanol–water partition coefficient (Wildman–Crippen LogP) is 4.90. The number of aromatic nitrogens is 2. The summed E-state index contributed by atoms with van der Waals surface area (Å²) in [6.45, 7) is 0. The molecule has 4 rings (SSSR count). The zero-order valence-electron chi connectivity index (χ0n) is 14.5. The predicted molar refractivity (Wildman–Crippen MR) is 104 cm³/mol. The lowest BCUT2D eigenvalue weighted by Crippen LogP contribution is -2.14. The van der Waals surface area contributed by atoms with Crippen molar-refractivity contribution in [2.75, 3.05) is 10.6 Å². The summed E-state index contributed by atoms with van der Waals surface area (Å²) < 4.78 is 27.5. The number of para-hydroxylation sites is 2. The summed E-state index contributed by atoms with van der Waals surface area (Å²) in [7, 11) is 0. The van der Waals surface area contributed by atoms with Crippen LogP contribution < -0.4 is 10.6 Å². The molecule has 0 unspecified atom stereocenters. The summed E-state index contributed by atoms with van der Waals surface area (Å²) in [6.07, 6.45) is 4.56. The summed E-state index contributed by atoms with van der Waals surface area (Å²) in [5, 5.41) is 6.38. The third kappa shape index (κ3) is 3.50. The zero-order valence-corrected chi connectivity index (χ0v) is 14.5. The second-order valence-electron chi connectivity index (χ2n) is 6.02. The molecule has 0 aliphatic heterocycles. The smallest absolute Gasteiger partial charge is 0.257 e. The number of amides is 1. The van der Waals surface area contributed by atoms with E-state index < -0.39 is 23.2 Å². The van der Waals surface area contributed by atoms with Crippen LogP contribution in [0.3, 0.4) is 0 Å². The molecule has 2 N–H and O–H groups in total. The average molecular weight is 376 g/mol. The fourth-order valence-corrected chi connectivity index (χ4v) is 2.80. The van der Waals surface area contributed by atoms with Gasteiger partial charge in [-0.3, -0.25) is 14.8 Å². The molecule has 2 heterocycles. The summed E-state index contributed by atoms with van der Waals surface area (Å²) in [4.78, 5) is 20.8. The van der Waals surface area contributed by atoms with E-state index in [9.17, 15) is 13.6 Å². The number of pyridine rings is 2. The summed E-state index contributed by atoms with van der Waals surface area (Å²) in [5.74, 6) is -2.37. The van der Waals surface area contributed by atoms with Crippen molar-refractivity contribution in [3.63, 3.8) is 0 Å². The minimum absolute atomic E-state index is 0.154. The van der Waals surface area contributed by atoms with Crippen molar-refractivity contribution in [3.8, 4) is 0 Å². The van der Waals surface area contributed by atoms with Crippen molar-refractivity contribution in [3.05, 3.63) is 90.4 Å². The Balaban J connectivity index is 1.60. The number of nitrogens with one attached hydrogen (secondary N) is 2. The highest BCUT2D eigenvalue weighted by Crippen LogP contribution is 2.25. The number of fused-ring (bicyclic) bond motifs is 1. The highest BCUT2D eigenvalue weighted by Gasteiger charge is 2.14. The number of rotatable bonds is 4. The molecule has 28 heavy (non-hydrogen) atoms. The Hall–Kier alpha value is -3.87. The highest BCUT2D eigenvalue weighted by molar-refractivity contribution is 6.05. The molecule has 7 heteroatoms. The van der Waals surface area contributed by atoms with Crippen LogP contribution in [0.5, 0.6) is 0 Å². The van der Waals surface area contributed by atoms with Crippen LogP contribution in [0.1, 0.15) is 10.4 Å². The van der Waals surface area contributed by atoms with Gasteiger partial charge in [0.15, 0.2) is 0 Å². The van der Waals surface area contributed by atoms with Gasteiger partial charge in [-0.05, 0) is 30.3 Å². The monoisotopic (exact) mass is 376 g/mol. The van der Waals surface area contributed by atoms with E-state index in [1.807, 2.05) is 30.3 Å². The van der Waals surface area contributed by atoms with Crippen LogP contribution >= 0.6 is 0 Å². The summed E-state index contributed by atoms with van der Waals surface area (Å²) >= 11 is 0. The molecule has 1 amide bonds.